The number of aryl methyl sites for hydroxylation is 1. The van der Waals surface area contributed by atoms with E-state index in [1.54, 1.807) is 0 Å². The summed E-state index contributed by atoms with van der Waals surface area (Å²) in [5, 5.41) is 9.51. The lowest BCUT2D eigenvalue weighted by Crippen LogP contribution is -2.28. The van der Waals surface area contributed by atoms with Crippen molar-refractivity contribution in [3.63, 3.8) is 0 Å². The van der Waals surface area contributed by atoms with Crippen molar-refractivity contribution < 1.29 is 4.79 Å². The van der Waals surface area contributed by atoms with Crippen molar-refractivity contribution in [1.82, 2.24) is 20.6 Å². The number of carbonyl (C=O) groups is 1. The molecule has 3 N–H and O–H groups in total. The SMILES string of the molecule is O=C(CCc1n[nH]c(=O)[nH]c1=O)N/N=C/c1ccc(Br)cc1. The molecule has 0 aliphatic heterocycles. The van der Waals surface area contributed by atoms with E-state index in [2.05, 4.69) is 36.7 Å². The van der Waals surface area contributed by atoms with Gasteiger partial charge in [0, 0.05) is 17.3 Å². The van der Waals surface area contributed by atoms with Gasteiger partial charge in [0.05, 0.1) is 6.21 Å². The normalized spacial score (nSPS) is 10.8. The Morgan fingerprint density at radius 3 is 2.73 bits per heavy atom. The zero-order chi connectivity index (χ0) is 15.9. The molecule has 0 atom stereocenters. The standard InChI is InChI=1S/C13H12BrN5O3/c14-9-3-1-8(2-4-9)7-15-18-11(20)6-5-10-12(21)16-13(22)19-17-10/h1-4,7H,5-6H2,(H,18,20)(H2,16,19,21,22)/b15-7+. The van der Waals surface area contributed by atoms with Crippen molar-refractivity contribution >= 4 is 28.1 Å². The van der Waals surface area contributed by atoms with Gasteiger partial charge in [0.15, 0.2) is 0 Å². The molecule has 2 aromatic rings. The fourth-order valence-electron chi connectivity index (χ4n) is 1.56. The Bertz CT molecular complexity index is 794. The first-order chi connectivity index (χ1) is 10.5. The number of rotatable bonds is 5. The number of hydrogen-bond donors (Lipinski definition) is 3. The second-order valence-electron chi connectivity index (χ2n) is 4.30. The number of amides is 1. The zero-order valence-corrected chi connectivity index (χ0v) is 12.9. The van der Waals surface area contributed by atoms with Crippen molar-refractivity contribution in [1.29, 1.82) is 0 Å². The van der Waals surface area contributed by atoms with Crippen LogP contribution in [0, 0.1) is 0 Å². The summed E-state index contributed by atoms with van der Waals surface area (Å²) in [4.78, 5) is 35.8. The molecule has 0 spiro atoms. The van der Waals surface area contributed by atoms with Crippen LogP contribution in [0.4, 0.5) is 0 Å². The summed E-state index contributed by atoms with van der Waals surface area (Å²) in [6, 6.07) is 7.39. The van der Waals surface area contributed by atoms with E-state index in [0.717, 1.165) is 10.0 Å². The lowest BCUT2D eigenvalue weighted by Gasteiger charge is -1.99. The van der Waals surface area contributed by atoms with E-state index >= 15 is 0 Å². The second kappa shape index (κ2) is 7.46. The molecule has 0 aliphatic carbocycles. The van der Waals surface area contributed by atoms with Crippen molar-refractivity contribution in [3.05, 3.63) is 60.8 Å². The van der Waals surface area contributed by atoms with E-state index in [1.807, 2.05) is 29.2 Å². The Kier molecular flexibility index (Phi) is 5.37. The maximum absolute atomic E-state index is 11.6. The van der Waals surface area contributed by atoms with Gasteiger partial charge in [0.2, 0.25) is 5.91 Å². The molecule has 1 aromatic carbocycles. The molecular weight excluding hydrogens is 354 g/mol. The third-order valence-electron chi connectivity index (χ3n) is 2.64. The summed E-state index contributed by atoms with van der Waals surface area (Å²) in [5.41, 5.74) is 1.99. The first-order valence-corrected chi connectivity index (χ1v) is 7.09. The average Bonchev–Trinajstić information content (AvgIpc) is 2.48. The fraction of sp³-hybridized carbons (Fsp3) is 0.154. The third kappa shape index (κ3) is 4.77. The molecule has 114 valence electrons. The molecule has 22 heavy (non-hydrogen) atoms. The number of H-pyrrole nitrogens is 2. The van der Waals surface area contributed by atoms with E-state index in [4.69, 9.17) is 0 Å². The molecular formula is C13H12BrN5O3. The van der Waals surface area contributed by atoms with E-state index in [0.29, 0.717) is 0 Å². The summed E-state index contributed by atoms with van der Waals surface area (Å²) in [6.45, 7) is 0. The molecule has 1 aromatic heterocycles. The predicted octanol–water partition coefficient (Wildman–Crippen LogP) is 0.304. The van der Waals surface area contributed by atoms with Gasteiger partial charge < -0.3 is 0 Å². The molecule has 0 fully saturated rings. The maximum Gasteiger partial charge on any atom is 0.342 e. The highest BCUT2D eigenvalue weighted by Gasteiger charge is 2.06. The first kappa shape index (κ1) is 15.8. The van der Waals surface area contributed by atoms with Gasteiger partial charge in [-0.15, -0.1) is 0 Å². The summed E-state index contributed by atoms with van der Waals surface area (Å²) < 4.78 is 0.951. The number of nitrogens with one attached hydrogen (secondary N) is 3. The Labute approximate surface area is 132 Å². The van der Waals surface area contributed by atoms with Gasteiger partial charge in [-0.2, -0.15) is 10.2 Å². The van der Waals surface area contributed by atoms with Crippen molar-refractivity contribution in [2.24, 2.45) is 5.10 Å². The molecule has 0 radical (unpaired) electrons. The summed E-state index contributed by atoms with van der Waals surface area (Å²) in [6.07, 6.45) is 1.64. The quantitative estimate of drug-likeness (QED) is 0.521. The zero-order valence-electron chi connectivity index (χ0n) is 11.3. The predicted molar refractivity (Wildman–Crippen MR) is 83.7 cm³/mol. The van der Waals surface area contributed by atoms with Gasteiger partial charge in [-0.25, -0.2) is 15.3 Å². The summed E-state index contributed by atoms with van der Waals surface area (Å²) >= 11 is 3.32. The van der Waals surface area contributed by atoms with Crippen LogP contribution in [0.2, 0.25) is 0 Å². The number of halogens is 1. The Balaban J connectivity index is 1.84. The summed E-state index contributed by atoms with van der Waals surface area (Å²) in [5.74, 6) is -0.360. The van der Waals surface area contributed by atoms with Crippen LogP contribution in [-0.4, -0.2) is 27.3 Å². The van der Waals surface area contributed by atoms with Crippen molar-refractivity contribution in [2.45, 2.75) is 12.8 Å². The maximum atomic E-state index is 11.6. The van der Waals surface area contributed by atoms with Gasteiger partial charge in [-0.05, 0) is 17.7 Å². The van der Waals surface area contributed by atoms with E-state index in [9.17, 15) is 14.4 Å². The molecule has 0 saturated heterocycles. The molecule has 0 bridgehead atoms. The molecule has 2 rings (SSSR count). The number of benzene rings is 1. The number of aromatic nitrogens is 3. The second-order valence-corrected chi connectivity index (χ2v) is 5.21. The summed E-state index contributed by atoms with van der Waals surface area (Å²) in [7, 11) is 0. The molecule has 1 amide bonds. The number of hydrogen-bond acceptors (Lipinski definition) is 5. The highest BCUT2D eigenvalue weighted by Crippen LogP contribution is 2.08. The monoisotopic (exact) mass is 365 g/mol. The van der Waals surface area contributed by atoms with Gasteiger partial charge in [0.1, 0.15) is 5.69 Å². The van der Waals surface area contributed by atoms with Gasteiger partial charge in [0.25, 0.3) is 5.56 Å². The van der Waals surface area contributed by atoms with Crippen LogP contribution < -0.4 is 16.7 Å². The highest BCUT2D eigenvalue weighted by molar-refractivity contribution is 9.10. The minimum Gasteiger partial charge on any atom is -0.273 e. The van der Waals surface area contributed by atoms with Crippen molar-refractivity contribution in [3.8, 4) is 0 Å². The van der Waals surface area contributed by atoms with Crippen LogP contribution in [0.25, 0.3) is 0 Å². The number of aromatic amines is 2. The number of nitrogens with zero attached hydrogens (tertiary/aromatic N) is 2. The van der Waals surface area contributed by atoms with Crippen LogP contribution in [-0.2, 0) is 11.2 Å². The van der Waals surface area contributed by atoms with Gasteiger partial charge >= 0.3 is 5.69 Å². The molecule has 0 aliphatic rings. The van der Waals surface area contributed by atoms with Gasteiger partial charge in [-0.3, -0.25) is 14.6 Å². The van der Waals surface area contributed by atoms with Gasteiger partial charge in [-0.1, -0.05) is 28.1 Å². The number of hydrazone groups is 1. The molecule has 0 saturated carbocycles. The minimum absolute atomic E-state index is 0.0276. The molecule has 9 heteroatoms. The lowest BCUT2D eigenvalue weighted by atomic mass is 10.2. The smallest absolute Gasteiger partial charge is 0.273 e. The number of carbonyl (C=O) groups excluding carboxylic acids is 1. The molecule has 8 nitrogen and oxygen atoms in total. The van der Waals surface area contributed by atoms with E-state index < -0.39 is 11.2 Å². The van der Waals surface area contributed by atoms with Crippen LogP contribution in [0.5, 0.6) is 0 Å². The topological polar surface area (TPSA) is 120 Å². The highest BCUT2D eigenvalue weighted by atomic mass is 79.9. The minimum atomic E-state index is -0.683. The first-order valence-electron chi connectivity index (χ1n) is 6.30. The van der Waals surface area contributed by atoms with Crippen molar-refractivity contribution in [2.75, 3.05) is 0 Å². The van der Waals surface area contributed by atoms with Crippen LogP contribution in [0.3, 0.4) is 0 Å². The Morgan fingerprint density at radius 1 is 1.32 bits per heavy atom. The van der Waals surface area contributed by atoms with E-state index in [-0.39, 0.29) is 24.4 Å². The Hall–Kier alpha value is -2.55. The van der Waals surface area contributed by atoms with Crippen LogP contribution in [0.15, 0.2) is 43.4 Å². The largest absolute Gasteiger partial charge is 0.342 e. The van der Waals surface area contributed by atoms with Crippen LogP contribution >= 0.6 is 15.9 Å². The van der Waals surface area contributed by atoms with E-state index in [1.165, 1.54) is 6.21 Å². The lowest BCUT2D eigenvalue weighted by molar-refractivity contribution is -0.121. The Morgan fingerprint density at radius 2 is 2.05 bits per heavy atom. The third-order valence-corrected chi connectivity index (χ3v) is 3.17. The fourth-order valence-corrected chi connectivity index (χ4v) is 1.82. The molecule has 0 unspecified atom stereocenters. The van der Waals surface area contributed by atoms with Crippen LogP contribution in [0.1, 0.15) is 17.7 Å². The average molecular weight is 366 g/mol. The molecule has 1 heterocycles.